The molecule has 1 atom stereocenters. The summed E-state index contributed by atoms with van der Waals surface area (Å²) in [5, 5.41) is 0. The second kappa shape index (κ2) is 7.18. The molecule has 0 aliphatic carbocycles. The highest BCUT2D eigenvalue weighted by molar-refractivity contribution is 9.10. The summed E-state index contributed by atoms with van der Waals surface area (Å²) in [5.41, 5.74) is 1.17. The molecular weight excluding hydrogens is 287 g/mol. The van der Waals surface area contributed by atoms with Crippen LogP contribution in [0.15, 0.2) is 22.7 Å². The third-order valence-electron chi connectivity index (χ3n) is 2.61. The van der Waals surface area contributed by atoms with Crippen molar-refractivity contribution in [3.05, 3.63) is 28.2 Å². The lowest BCUT2D eigenvalue weighted by Gasteiger charge is -2.12. The van der Waals surface area contributed by atoms with Gasteiger partial charge < -0.3 is 4.74 Å². The molecular formula is C13H18BrClO. The molecule has 0 aliphatic rings. The van der Waals surface area contributed by atoms with Crippen LogP contribution in [0.3, 0.4) is 0 Å². The van der Waals surface area contributed by atoms with Gasteiger partial charge in [0.2, 0.25) is 0 Å². The van der Waals surface area contributed by atoms with Crippen LogP contribution in [0, 0.1) is 12.8 Å². The van der Waals surface area contributed by atoms with Crippen molar-refractivity contribution >= 4 is 27.5 Å². The van der Waals surface area contributed by atoms with Crippen LogP contribution >= 0.6 is 27.5 Å². The SMILES string of the molecule is Cc1cc(Br)ccc1OCCC(C)CCCl. The zero-order chi connectivity index (χ0) is 12.0. The molecule has 0 saturated carbocycles. The van der Waals surface area contributed by atoms with E-state index in [0.29, 0.717) is 5.92 Å². The second-order valence-corrected chi connectivity index (χ2v) is 5.42. The Morgan fingerprint density at radius 3 is 2.75 bits per heavy atom. The molecule has 1 nitrogen and oxygen atoms in total. The minimum Gasteiger partial charge on any atom is -0.493 e. The standard InChI is InChI=1S/C13H18BrClO/c1-10(5-7-15)6-8-16-13-4-3-12(14)9-11(13)2/h3-4,9-10H,5-8H2,1-2H3. The lowest BCUT2D eigenvalue weighted by atomic mass is 10.1. The smallest absolute Gasteiger partial charge is 0.122 e. The summed E-state index contributed by atoms with van der Waals surface area (Å²) in [6, 6.07) is 6.08. The van der Waals surface area contributed by atoms with Crippen molar-refractivity contribution < 1.29 is 4.74 Å². The summed E-state index contributed by atoms with van der Waals surface area (Å²) in [5.74, 6) is 2.34. The van der Waals surface area contributed by atoms with Crippen molar-refractivity contribution in [1.29, 1.82) is 0 Å². The third kappa shape index (κ3) is 4.75. The molecule has 0 N–H and O–H groups in total. The molecule has 0 heterocycles. The van der Waals surface area contributed by atoms with Gasteiger partial charge in [0.25, 0.3) is 0 Å². The summed E-state index contributed by atoms with van der Waals surface area (Å²) < 4.78 is 6.84. The quantitative estimate of drug-likeness (QED) is 0.687. The van der Waals surface area contributed by atoms with Crippen LogP contribution in [0.25, 0.3) is 0 Å². The molecule has 0 bridgehead atoms. The topological polar surface area (TPSA) is 9.23 Å². The zero-order valence-electron chi connectivity index (χ0n) is 9.80. The van der Waals surface area contributed by atoms with Crippen LogP contribution in [0.5, 0.6) is 5.75 Å². The normalized spacial score (nSPS) is 12.5. The van der Waals surface area contributed by atoms with Crippen LogP contribution < -0.4 is 4.74 Å². The van der Waals surface area contributed by atoms with Gasteiger partial charge in [0, 0.05) is 10.4 Å². The highest BCUT2D eigenvalue weighted by Crippen LogP contribution is 2.22. The van der Waals surface area contributed by atoms with Gasteiger partial charge in [-0.2, -0.15) is 0 Å². The number of hydrogen-bond donors (Lipinski definition) is 0. The van der Waals surface area contributed by atoms with Gasteiger partial charge in [-0.1, -0.05) is 22.9 Å². The Bertz CT molecular complexity index is 328. The molecule has 90 valence electrons. The lowest BCUT2D eigenvalue weighted by Crippen LogP contribution is -2.05. The van der Waals surface area contributed by atoms with E-state index in [-0.39, 0.29) is 0 Å². The Morgan fingerprint density at radius 1 is 1.38 bits per heavy atom. The Labute approximate surface area is 111 Å². The first-order chi connectivity index (χ1) is 7.63. The van der Waals surface area contributed by atoms with E-state index in [9.17, 15) is 0 Å². The molecule has 16 heavy (non-hydrogen) atoms. The van der Waals surface area contributed by atoms with E-state index in [0.717, 1.165) is 35.6 Å². The number of ether oxygens (including phenoxy) is 1. The van der Waals surface area contributed by atoms with Crippen LogP contribution in [0.2, 0.25) is 0 Å². The van der Waals surface area contributed by atoms with Crippen LogP contribution in [0.4, 0.5) is 0 Å². The fraction of sp³-hybridized carbons (Fsp3) is 0.538. The first-order valence-electron chi connectivity index (χ1n) is 5.58. The van der Waals surface area contributed by atoms with Crippen LogP contribution in [0.1, 0.15) is 25.3 Å². The maximum Gasteiger partial charge on any atom is 0.122 e. The number of aryl methyl sites for hydroxylation is 1. The first-order valence-corrected chi connectivity index (χ1v) is 6.91. The predicted molar refractivity (Wildman–Crippen MR) is 73.5 cm³/mol. The zero-order valence-corrected chi connectivity index (χ0v) is 12.1. The number of benzene rings is 1. The summed E-state index contributed by atoms with van der Waals surface area (Å²) in [4.78, 5) is 0. The van der Waals surface area contributed by atoms with Gasteiger partial charge in [0.1, 0.15) is 5.75 Å². The van der Waals surface area contributed by atoms with Gasteiger partial charge >= 0.3 is 0 Å². The van der Waals surface area contributed by atoms with Crippen molar-refractivity contribution in [3.63, 3.8) is 0 Å². The monoisotopic (exact) mass is 304 g/mol. The van der Waals surface area contributed by atoms with Crippen LogP contribution in [-0.2, 0) is 0 Å². The van der Waals surface area contributed by atoms with E-state index < -0.39 is 0 Å². The maximum atomic E-state index is 5.74. The number of hydrogen-bond acceptors (Lipinski definition) is 1. The molecule has 3 heteroatoms. The third-order valence-corrected chi connectivity index (χ3v) is 3.32. The molecule has 0 fully saturated rings. The van der Waals surface area contributed by atoms with Crippen LogP contribution in [-0.4, -0.2) is 12.5 Å². The summed E-state index contributed by atoms with van der Waals surface area (Å²) in [6.45, 7) is 5.03. The Kier molecular flexibility index (Phi) is 6.22. The molecule has 0 aliphatic heterocycles. The Balaban J connectivity index is 2.37. The van der Waals surface area contributed by atoms with Crippen molar-refractivity contribution in [3.8, 4) is 5.75 Å². The van der Waals surface area contributed by atoms with Gasteiger partial charge in [0.05, 0.1) is 6.61 Å². The molecule has 1 unspecified atom stereocenters. The van der Waals surface area contributed by atoms with Gasteiger partial charge in [0.15, 0.2) is 0 Å². The van der Waals surface area contributed by atoms with E-state index in [2.05, 4.69) is 35.8 Å². The summed E-state index contributed by atoms with van der Waals surface area (Å²) in [6.07, 6.45) is 2.12. The average Bonchev–Trinajstić information content (AvgIpc) is 2.22. The number of alkyl halides is 1. The van der Waals surface area contributed by atoms with E-state index >= 15 is 0 Å². The summed E-state index contributed by atoms with van der Waals surface area (Å²) >= 11 is 9.13. The van der Waals surface area contributed by atoms with Gasteiger partial charge in [-0.25, -0.2) is 0 Å². The fourth-order valence-electron chi connectivity index (χ4n) is 1.48. The number of halogens is 2. The maximum absolute atomic E-state index is 5.74. The van der Waals surface area contributed by atoms with Gasteiger partial charge in [-0.05, 0) is 49.4 Å². The van der Waals surface area contributed by atoms with E-state index in [1.165, 1.54) is 5.56 Å². The minimum absolute atomic E-state index is 0.633. The molecule has 0 radical (unpaired) electrons. The number of rotatable bonds is 6. The Morgan fingerprint density at radius 2 is 2.12 bits per heavy atom. The van der Waals surface area contributed by atoms with Crippen molar-refractivity contribution in [1.82, 2.24) is 0 Å². The average molecular weight is 306 g/mol. The van der Waals surface area contributed by atoms with Crippen molar-refractivity contribution in [2.45, 2.75) is 26.7 Å². The van der Waals surface area contributed by atoms with Gasteiger partial charge in [-0.15, -0.1) is 11.6 Å². The minimum atomic E-state index is 0.633. The lowest BCUT2D eigenvalue weighted by molar-refractivity contribution is 0.280. The summed E-state index contributed by atoms with van der Waals surface area (Å²) in [7, 11) is 0. The molecule has 0 saturated heterocycles. The van der Waals surface area contributed by atoms with Crippen molar-refractivity contribution in [2.24, 2.45) is 5.92 Å². The molecule has 1 rings (SSSR count). The highest BCUT2D eigenvalue weighted by atomic mass is 79.9. The molecule has 0 amide bonds. The first kappa shape index (κ1) is 13.9. The second-order valence-electron chi connectivity index (χ2n) is 4.13. The van der Waals surface area contributed by atoms with E-state index in [1.54, 1.807) is 0 Å². The van der Waals surface area contributed by atoms with Gasteiger partial charge in [-0.3, -0.25) is 0 Å². The largest absolute Gasteiger partial charge is 0.493 e. The Hall–Kier alpha value is -0.210. The molecule has 0 aromatic heterocycles. The predicted octanol–water partition coefficient (Wildman–Crippen LogP) is 4.79. The molecule has 1 aromatic carbocycles. The van der Waals surface area contributed by atoms with E-state index in [1.807, 2.05) is 12.1 Å². The highest BCUT2D eigenvalue weighted by Gasteiger charge is 2.03. The molecule has 0 spiro atoms. The van der Waals surface area contributed by atoms with Crippen molar-refractivity contribution in [2.75, 3.05) is 12.5 Å². The van der Waals surface area contributed by atoms with E-state index in [4.69, 9.17) is 16.3 Å². The fourth-order valence-corrected chi connectivity index (χ4v) is 2.32. The molecule has 1 aromatic rings.